The summed E-state index contributed by atoms with van der Waals surface area (Å²) in [4.78, 5) is 0. The molecule has 0 aromatic heterocycles. The number of nitrogens with two attached hydrogens (primary N) is 1. The Morgan fingerprint density at radius 3 is 2.39 bits per heavy atom. The van der Waals surface area contributed by atoms with Gasteiger partial charge in [-0.25, -0.2) is 0 Å². The van der Waals surface area contributed by atoms with Crippen molar-refractivity contribution in [3.8, 4) is 5.75 Å². The van der Waals surface area contributed by atoms with Crippen LogP contribution in [-0.2, 0) is 10.8 Å². The second-order valence-electron chi connectivity index (χ2n) is 4.37. The predicted molar refractivity (Wildman–Crippen MR) is 77.3 cm³/mol. The lowest BCUT2D eigenvalue weighted by molar-refractivity contribution is 0.340. The van der Waals surface area contributed by atoms with E-state index in [0.717, 1.165) is 17.7 Å². The number of hydrogen-bond donors (Lipinski definition) is 1. The highest BCUT2D eigenvalue weighted by molar-refractivity contribution is 7.85. The van der Waals surface area contributed by atoms with Crippen LogP contribution in [0.25, 0.3) is 0 Å². The molecule has 18 heavy (non-hydrogen) atoms. The highest BCUT2D eigenvalue weighted by Gasteiger charge is 2.14. The van der Waals surface area contributed by atoms with Crippen molar-refractivity contribution in [2.45, 2.75) is 38.5 Å². The molecule has 1 aromatic carbocycles. The zero-order valence-corrected chi connectivity index (χ0v) is 12.2. The lowest BCUT2D eigenvalue weighted by atomic mass is 10.1. The molecular weight excluding hydrogens is 246 g/mol. The normalized spacial score (nSPS) is 16.0. The monoisotopic (exact) mass is 269 g/mol. The quantitative estimate of drug-likeness (QED) is 0.828. The molecule has 0 aliphatic rings. The predicted octanol–water partition coefficient (Wildman–Crippen LogP) is 2.63. The van der Waals surface area contributed by atoms with E-state index in [4.69, 9.17) is 10.5 Å². The largest absolute Gasteiger partial charge is 0.494 e. The maximum absolute atomic E-state index is 11.9. The van der Waals surface area contributed by atoms with Gasteiger partial charge in [0.25, 0.3) is 0 Å². The molecule has 3 nitrogen and oxygen atoms in total. The first-order valence-electron chi connectivity index (χ1n) is 6.44. The molecule has 3 atom stereocenters. The topological polar surface area (TPSA) is 52.3 Å². The Balaban J connectivity index is 2.61. The van der Waals surface area contributed by atoms with Crippen LogP contribution < -0.4 is 10.5 Å². The highest BCUT2D eigenvalue weighted by atomic mass is 32.2. The Hall–Kier alpha value is -0.870. The fourth-order valence-corrected chi connectivity index (χ4v) is 2.85. The minimum Gasteiger partial charge on any atom is -0.494 e. The van der Waals surface area contributed by atoms with E-state index in [1.54, 1.807) is 0 Å². The van der Waals surface area contributed by atoms with Gasteiger partial charge < -0.3 is 10.5 Å². The lowest BCUT2D eigenvalue weighted by Crippen LogP contribution is -2.23. The van der Waals surface area contributed by atoms with Crippen molar-refractivity contribution in [2.24, 2.45) is 5.73 Å². The number of rotatable bonds is 7. The van der Waals surface area contributed by atoms with E-state index < -0.39 is 10.8 Å². The Bertz CT molecular complexity index is 378. The van der Waals surface area contributed by atoms with Crippen molar-refractivity contribution in [3.63, 3.8) is 0 Å². The summed E-state index contributed by atoms with van der Waals surface area (Å²) in [6.45, 7) is 6.66. The van der Waals surface area contributed by atoms with E-state index in [1.165, 1.54) is 0 Å². The van der Waals surface area contributed by atoms with Gasteiger partial charge in [0.15, 0.2) is 0 Å². The van der Waals surface area contributed by atoms with E-state index in [9.17, 15) is 4.21 Å². The Labute approximate surface area is 112 Å². The third-order valence-corrected chi connectivity index (χ3v) is 4.91. The lowest BCUT2D eigenvalue weighted by Gasteiger charge is -2.15. The zero-order valence-electron chi connectivity index (χ0n) is 11.4. The molecule has 1 aromatic rings. The van der Waals surface area contributed by atoms with Crippen molar-refractivity contribution >= 4 is 10.8 Å². The van der Waals surface area contributed by atoms with Gasteiger partial charge in [0.05, 0.1) is 6.61 Å². The molecule has 0 heterocycles. The van der Waals surface area contributed by atoms with Crippen LogP contribution in [0.3, 0.4) is 0 Å². The van der Waals surface area contributed by atoms with Crippen molar-refractivity contribution < 1.29 is 8.95 Å². The zero-order chi connectivity index (χ0) is 13.5. The molecule has 2 N–H and O–H groups in total. The van der Waals surface area contributed by atoms with Gasteiger partial charge >= 0.3 is 0 Å². The van der Waals surface area contributed by atoms with Gasteiger partial charge in [-0.1, -0.05) is 26.0 Å². The van der Waals surface area contributed by atoms with Gasteiger partial charge in [-0.15, -0.1) is 0 Å². The molecule has 0 bridgehead atoms. The first-order valence-corrected chi connectivity index (χ1v) is 7.82. The number of hydrogen-bond acceptors (Lipinski definition) is 3. The summed E-state index contributed by atoms with van der Waals surface area (Å²) in [5.41, 5.74) is 7.09. The van der Waals surface area contributed by atoms with Crippen molar-refractivity contribution in [1.29, 1.82) is 0 Å². The summed E-state index contributed by atoms with van der Waals surface area (Å²) in [7, 11) is -0.860. The van der Waals surface area contributed by atoms with Gasteiger partial charge in [0.2, 0.25) is 0 Å². The summed E-state index contributed by atoms with van der Waals surface area (Å²) >= 11 is 0. The maximum Gasteiger partial charge on any atom is 0.119 e. The summed E-state index contributed by atoms with van der Waals surface area (Å²) in [5.74, 6) is 1.36. The molecule has 0 spiro atoms. The summed E-state index contributed by atoms with van der Waals surface area (Å²) in [5, 5.41) is 0.207. The third kappa shape index (κ3) is 4.42. The van der Waals surface area contributed by atoms with E-state index in [0.29, 0.717) is 12.4 Å². The molecule has 0 radical (unpaired) electrons. The number of benzene rings is 1. The minimum atomic E-state index is -0.860. The molecule has 0 aliphatic heterocycles. The first kappa shape index (κ1) is 15.2. The molecule has 0 saturated heterocycles. The van der Waals surface area contributed by atoms with Crippen LogP contribution in [0.5, 0.6) is 5.75 Å². The average molecular weight is 269 g/mol. The molecule has 3 unspecified atom stereocenters. The van der Waals surface area contributed by atoms with Crippen molar-refractivity contribution in [2.75, 3.05) is 12.4 Å². The van der Waals surface area contributed by atoms with Crippen LogP contribution in [0, 0.1) is 0 Å². The van der Waals surface area contributed by atoms with Crippen molar-refractivity contribution in [1.82, 2.24) is 0 Å². The van der Waals surface area contributed by atoms with Crippen LogP contribution in [-0.4, -0.2) is 21.8 Å². The Kier molecular flexibility index (Phi) is 6.36. The smallest absolute Gasteiger partial charge is 0.119 e. The molecule has 0 aliphatic carbocycles. The van der Waals surface area contributed by atoms with Crippen LogP contribution >= 0.6 is 0 Å². The first-order chi connectivity index (χ1) is 8.58. The third-order valence-electron chi connectivity index (χ3n) is 2.99. The maximum atomic E-state index is 11.9. The molecule has 1 rings (SSSR count). The van der Waals surface area contributed by atoms with E-state index in [1.807, 2.05) is 45.0 Å². The molecule has 102 valence electrons. The Morgan fingerprint density at radius 2 is 1.89 bits per heavy atom. The summed E-state index contributed by atoms with van der Waals surface area (Å²) < 4.78 is 17.3. The van der Waals surface area contributed by atoms with Crippen molar-refractivity contribution in [3.05, 3.63) is 29.8 Å². The van der Waals surface area contributed by atoms with Crippen LogP contribution in [0.4, 0.5) is 0 Å². The fourth-order valence-electron chi connectivity index (χ4n) is 1.60. The van der Waals surface area contributed by atoms with Crippen LogP contribution in [0.1, 0.15) is 38.8 Å². The Morgan fingerprint density at radius 1 is 1.28 bits per heavy atom. The number of ether oxygens (including phenoxy) is 1. The fraction of sp³-hybridized carbons (Fsp3) is 0.571. The van der Waals surface area contributed by atoms with Crippen LogP contribution in [0.15, 0.2) is 24.3 Å². The minimum absolute atomic E-state index is 0.171. The van der Waals surface area contributed by atoms with Gasteiger partial charge in [-0.3, -0.25) is 4.21 Å². The molecular formula is C14H23NO2S. The second-order valence-corrected chi connectivity index (χ2v) is 6.27. The van der Waals surface area contributed by atoms with Gasteiger partial charge in [0, 0.05) is 27.8 Å². The highest BCUT2D eigenvalue weighted by Crippen LogP contribution is 2.18. The van der Waals surface area contributed by atoms with E-state index >= 15 is 0 Å². The van der Waals surface area contributed by atoms with Gasteiger partial charge in [-0.05, 0) is 31.0 Å². The summed E-state index contributed by atoms with van der Waals surface area (Å²) in [6.07, 6.45) is 0.919. The average Bonchev–Trinajstić information content (AvgIpc) is 2.38. The van der Waals surface area contributed by atoms with Crippen LogP contribution in [0.2, 0.25) is 0 Å². The van der Waals surface area contributed by atoms with E-state index in [2.05, 4.69) is 0 Å². The SMILES string of the molecule is CCOc1ccc(C(N)CS(=O)C(C)CC)cc1. The molecule has 4 heteroatoms. The standard InChI is InChI=1S/C14H23NO2S/c1-4-11(3)18(16)10-14(15)12-6-8-13(9-7-12)17-5-2/h6-9,11,14H,4-5,10,15H2,1-3H3. The van der Waals surface area contributed by atoms with Gasteiger partial charge in [0.1, 0.15) is 5.75 Å². The molecule has 0 amide bonds. The molecule has 0 saturated carbocycles. The summed E-state index contributed by atoms with van der Waals surface area (Å²) in [6, 6.07) is 7.54. The molecule has 0 fully saturated rings. The van der Waals surface area contributed by atoms with E-state index in [-0.39, 0.29) is 11.3 Å². The van der Waals surface area contributed by atoms with Gasteiger partial charge in [-0.2, -0.15) is 0 Å². The second kappa shape index (κ2) is 7.54.